The molecule has 0 aromatic rings. The van der Waals surface area contributed by atoms with E-state index in [1.54, 1.807) is 0 Å². The van der Waals surface area contributed by atoms with Gasteiger partial charge in [-0.3, -0.25) is 9.80 Å². The van der Waals surface area contributed by atoms with Gasteiger partial charge in [0.2, 0.25) is 0 Å². The van der Waals surface area contributed by atoms with Crippen LogP contribution in [0.3, 0.4) is 0 Å². The average molecular weight is 555 g/mol. The summed E-state index contributed by atoms with van der Waals surface area (Å²) in [4.78, 5) is 5.57. The molecule has 0 rings (SSSR count). The van der Waals surface area contributed by atoms with Gasteiger partial charge in [-0.1, -0.05) is 27.7 Å². The van der Waals surface area contributed by atoms with E-state index in [-0.39, 0.29) is 27.7 Å². The molecule has 6 nitrogen and oxygen atoms in total. The van der Waals surface area contributed by atoms with Crippen LogP contribution in [0.5, 0.6) is 0 Å². The van der Waals surface area contributed by atoms with Crippen LogP contribution in [0.15, 0.2) is 0 Å². The van der Waals surface area contributed by atoms with Crippen molar-refractivity contribution in [3.63, 3.8) is 0 Å². The van der Waals surface area contributed by atoms with Gasteiger partial charge in [-0.05, 0) is 128 Å². The van der Waals surface area contributed by atoms with Crippen LogP contribution in [-0.2, 0) is 0 Å². The second kappa shape index (κ2) is 15.8. The van der Waals surface area contributed by atoms with Crippen molar-refractivity contribution in [2.75, 3.05) is 32.7 Å². The molecule has 0 unspecified atom stereocenters. The van der Waals surface area contributed by atoms with Gasteiger partial charge in [0.1, 0.15) is 0 Å². The first-order valence-corrected chi connectivity index (χ1v) is 16.0. The van der Waals surface area contributed by atoms with E-state index < -0.39 is 0 Å². The van der Waals surface area contributed by atoms with Crippen LogP contribution in [0, 0.1) is 0 Å². The minimum Gasteiger partial charge on any atom is -0.330 e. The Morgan fingerprint density at radius 3 is 1.49 bits per heavy atom. The number of hydrogen-bond acceptors (Lipinski definition) is 6. The normalized spacial score (nSPS) is 14.6. The van der Waals surface area contributed by atoms with Crippen molar-refractivity contribution in [3.05, 3.63) is 0 Å². The highest BCUT2D eigenvalue weighted by Crippen LogP contribution is 2.39. The third-order valence-corrected chi connectivity index (χ3v) is 8.52. The molecule has 0 fully saturated rings. The molecule has 5 N–H and O–H groups in total. The van der Waals surface area contributed by atoms with Gasteiger partial charge in [0.25, 0.3) is 0 Å². The molecule has 0 amide bonds. The Balaban J connectivity index is 6.04. The lowest BCUT2D eigenvalue weighted by atomic mass is 9.80. The van der Waals surface area contributed by atoms with Crippen molar-refractivity contribution in [1.82, 2.24) is 25.8 Å². The molecule has 6 heteroatoms. The van der Waals surface area contributed by atoms with Gasteiger partial charge in [0.05, 0.1) is 0 Å². The molecule has 0 aliphatic rings. The molecule has 0 saturated heterocycles. The number of rotatable bonds is 21. The van der Waals surface area contributed by atoms with E-state index in [0.29, 0.717) is 24.7 Å². The second-order valence-corrected chi connectivity index (χ2v) is 16.1. The first-order valence-electron chi connectivity index (χ1n) is 16.0. The summed E-state index contributed by atoms with van der Waals surface area (Å²) in [5, 5.41) is 11.2. The van der Waals surface area contributed by atoms with Crippen LogP contribution >= 0.6 is 0 Å². The van der Waals surface area contributed by atoms with E-state index >= 15 is 0 Å². The van der Waals surface area contributed by atoms with Crippen molar-refractivity contribution in [3.8, 4) is 0 Å². The van der Waals surface area contributed by atoms with E-state index in [2.05, 4.69) is 137 Å². The highest BCUT2D eigenvalue weighted by atomic mass is 15.3. The summed E-state index contributed by atoms with van der Waals surface area (Å²) in [6, 6.07) is 1.49. The van der Waals surface area contributed by atoms with Crippen molar-refractivity contribution >= 4 is 0 Å². The molecule has 0 spiro atoms. The smallest absolute Gasteiger partial charge is 0.0280 e. The Morgan fingerprint density at radius 2 is 1.05 bits per heavy atom. The highest BCUT2D eigenvalue weighted by Gasteiger charge is 2.46. The van der Waals surface area contributed by atoms with E-state index in [9.17, 15) is 0 Å². The number of nitrogens with zero attached hydrogens (tertiary/aromatic N) is 2. The largest absolute Gasteiger partial charge is 0.330 e. The highest BCUT2D eigenvalue weighted by molar-refractivity contribution is 5.02. The maximum atomic E-state index is 5.88. The Kier molecular flexibility index (Phi) is 15.7. The molecule has 0 aliphatic carbocycles. The zero-order chi connectivity index (χ0) is 30.9. The van der Waals surface area contributed by atoms with E-state index in [4.69, 9.17) is 5.73 Å². The quantitative estimate of drug-likeness (QED) is 0.140. The predicted octanol–water partition coefficient (Wildman–Crippen LogP) is 6.00. The van der Waals surface area contributed by atoms with Crippen LogP contribution < -0.4 is 21.7 Å². The average Bonchev–Trinajstić information content (AvgIpc) is 2.70. The third kappa shape index (κ3) is 14.0. The molecule has 0 radical (unpaired) electrons. The summed E-state index contributed by atoms with van der Waals surface area (Å²) >= 11 is 0. The first-order chi connectivity index (χ1) is 17.5. The first kappa shape index (κ1) is 38.8. The molecule has 0 aliphatic heterocycles. The topological polar surface area (TPSA) is 68.6 Å². The number of hydrogen-bond donors (Lipinski definition) is 4. The Morgan fingerprint density at radius 1 is 0.590 bits per heavy atom. The molecule has 0 bridgehead atoms. The second-order valence-electron chi connectivity index (χ2n) is 16.1. The number of nitrogens with two attached hydrogens (primary N) is 1. The standard InChI is InChI=1S/C33H74N6/c1-26(2)35-22-18-30(9,10)39(31(11,12)19-23-37-29(7,8)17-21-34)32(13,14)20-24-38(28(5)6)33(15,16)25-36-27(3)4/h26-28,35-37H,17-25,34H2,1-16H3. The van der Waals surface area contributed by atoms with Crippen LogP contribution in [0.4, 0.5) is 0 Å². The minimum atomic E-state index is 0.0201. The van der Waals surface area contributed by atoms with Crippen molar-refractivity contribution in [2.24, 2.45) is 5.73 Å². The van der Waals surface area contributed by atoms with E-state index in [1.807, 2.05) is 0 Å². The Bertz CT molecular complexity index is 663. The molecular formula is C33H74N6. The zero-order valence-electron chi connectivity index (χ0n) is 29.6. The van der Waals surface area contributed by atoms with E-state index in [1.165, 1.54) is 0 Å². The fraction of sp³-hybridized carbons (Fsp3) is 1.00. The fourth-order valence-electron chi connectivity index (χ4n) is 6.83. The summed E-state index contributed by atoms with van der Waals surface area (Å²) in [6.45, 7) is 42.6. The van der Waals surface area contributed by atoms with Crippen LogP contribution in [0.2, 0.25) is 0 Å². The molecule has 0 heterocycles. The molecule has 0 atom stereocenters. The van der Waals surface area contributed by atoms with Crippen molar-refractivity contribution in [1.29, 1.82) is 0 Å². The van der Waals surface area contributed by atoms with Gasteiger partial charge in [-0.2, -0.15) is 0 Å². The minimum absolute atomic E-state index is 0.0201. The van der Waals surface area contributed by atoms with Crippen LogP contribution in [-0.4, -0.2) is 88.3 Å². The maximum Gasteiger partial charge on any atom is 0.0280 e. The van der Waals surface area contributed by atoms with Gasteiger partial charge in [0, 0.05) is 58.9 Å². The van der Waals surface area contributed by atoms with Gasteiger partial charge >= 0.3 is 0 Å². The summed E-state index contributed by atoms with van der Waals surface area (Å²) in [6.07, 6.45) is 4.30. The lowest BCUT2D eigenvalue weighted by molar-refractivity contribution is -0.0817. The summed E-state index contributed by atoms with van der Waals surface area (Å²) in [5.74, 6) is 0. The SMILES string of the molecule is CC(C)NCCC(C)(C)N(C(C)(C)CCNC(C)(C)CCN)C(C)(C)CCN(C(C)C)C(C)(C)CNC(C)C. The summed E-state index contributed by atoms with van der Waals surface area (Å²) in [7, 11) is 0. The van der Waals surface area contributed by atoms with Crippen molar-refractivity contribution in [2.45, 2.75) is 182 Å². The molecule has 0 saturated carbocycles. The predicted molar refractivity (Wildman–Crippen MR) is 176 cm³/mol. The lowest BCUT2D eigenvalue weighted by Gasteiger charge is -2.58. The fourth-order valence-corrected chi connectivity index (χ4v) is 6.83. The Hall–Kier alpha value is -0.240. The third-order valence-electron chi connectivity index (χ3n) is 8.52. The van der Waals surface area contributed by atoms with Crippen LogP contribution in [0.25, 0.3) is 0 Å². The molecule has 236 valence electrons. The summed E-state index contributed by atoms with van der Waals surface area (Å²) in [5.41, 5.74) is 6.12. The maximum absolute atomic E-state index is 5.88. The summed E-state index contributed by atoms with van der Waals surface area (Å²) < 4.78 is 0. The number of nitrogens with one attached hydrogen (secondary N) is 3. The monoisotopic (exact) mass is 555 g/mol. The van der Waals surface area contributed by atoms with Gasteiger partial charge < -0.3 is 21.7 Å². The van der Waals surface area contributed by atoms with Crippen molar-refractivity contribution < 1.29 is 0 Å². The Labute approximate surface area is 246 Å². The lowest BCUT2D eigenvalue weighted by Crippen LogP contribution is -2.66. The van der Waals surface area contributed by atoms with Gasteiger partial charge in [0.15, 0.2) is 0 Å². The molecule has 39 heavy (non-hydrogen) atoms. The van der Waals surface area contributed by atoms with Crippen LogP contribution in [0.1, 0.15) is 136 Å². The molecule has 0 aromatic heterocycles. The van der Waals surface area contributed by atoms with Gasteiger partial charge in [-0.15, -0.1) is 0 Å². The zero-order valence-corrected chi connectivity index (χ0v) is 29.6. The molecule has 0 aromatic carbocycles. The van der Waals surface area contributed by atoms with Gasteiger partial charge in [-0.25, -0.2) is 0 Å². The molecular weight excluding hydrogens is 480 g/mol. The van der Waals surface area contributed by atoms with E-state index in [0.717, 1.165) is 51.9 Å².